The van der Waals surface area contributed by atoms with Crippen LogP contribution < -0.4 is 0 Å². The number of benzene rings is 1. The van der Waals surface area contributed by atoms with Crippen LogP contribution in [-0.2, 0) is 12.5 Å². The molecule has 0 bridgehead atoms. The average molecular weight is 506 g/mol. The van der Waals surface area contributed by atoms with Crippen LogP contribution in [0.5, 0.6) is 0 Å². The molecule has 0 radical (unpaired) electrons. The van der Waals surface area contributed by atoms with Gasteiger partial charge in [-0.1, -0.05) is 17.7 Å². The summed E-state index contributed by atoms with van der Waals surface area (Å²) in [6, 6.07) is 6.05. The van der Waals surface area contributed by atoms with Crippen LogP contribution >= 0.6 is 11.6 Å². The molecule has 0 N–H and O–H groups in total. The van der Waals surface area contributed by atoms with Crippen LogP contribution in [-0.4, -0.2) is 62.7 Å². The second kappa shape index (κ2) is 8.73. The standard InChI is InChI=1S/C21H18ClF6N5O/c1-12-9-17(20(24,25)21(26,27)28)33-18(29-12)10-16(30-33)19(34)32-7-5-31(6-8-32)11-13-14(22)3-2-4-15(13)23/h2-4,9-10H,5-8,11H2,1H3. The third-order valence-electron chi connectivity index (χ3n) is 5.56. The summed E-state index contributed by atoms with van der Waals surface area (Å²) < 4.78 is 81.4. The zero-order valence-electron chi connectivity index (χ0n) is 17.7. The third-order valence-corrected chi connectivity index (χ3v) is 5.91. The molecule has 0 atom stereocenters. The number of nitrogens with zero attached hydrogens (tertiary/aromatic N) is 5. The number of fused-ring (bicyclic) bond motifs is 1. The van der Waals surface area contributed by atoms with Crippen LogP contribution in [0.15, 0.2) is 30.3 Å². The normalized spacial score (nSPS) is 15.8. The van der Waals surface area contributed by atoms with E-state index in [1.54, 1.807) is 6.07 Å². The monoisotopic (exact) mass is 505 g/mol. The highest BCUT2D eigenvalue weighted by Gasteiger charge is 2.60. The summed E-state index contributed by atoms with van der Waals surface area (Å²) in [6.45, 7) is 2.69. The summed E-state index contributed by atoms with van der Waals surface area (Å²) in [6.07, 6.45) is -5.85. The summed E-state index contributed by atoms with van der Waals surface area (Å²) in [5.41, 5.74) is -1.76. The number of hydrogen-bond acceptors (Lipinski definition) is 4. The fourth-order valence-electron chi connectivity index (χ4n) is 3.75. The Labute approximate surface area is 194 Å². The minimum atomic E-state index is -5.85. The van der Waals surface area contributed by atoms with Crippen molar-refractivity contribution in [1.29, 1.82) is 0 Å². The number of aromatic nitrogens is 3. The van der Waals surface area contributed by atoms with Crippen molar-refractivity contribution in [2.75, 3.05) is 26.2 Å². The molecule has 182 valence electrons. The molecule has 0 unspecified atom stereocenters. The first kappa shape index (κ1) is 24.3. The predicted octanol–water partition coefficient (Wildman–Crippen LogP) is 4.44. The maximum atomic E-state index is 14.1. The van der Waals surface area contributed by atoms with E-state index in [4.69, 9.17) is 11.6 Å². The predicted molar refractivity (Wildman–Crippen MR) is 110 cm³/mol. The third kappa shape index (κ3) is 4.43. The van der Waals surface area contributed by atoms with Crippen molar-refractivity contribution in [2.45, 2.75) is 25.6 Å². The van der Waals surface area contributed by atoms with E-state index < -0.39 is 29.5 Å². The number of hydrogen-bond donors (Lipinski definition) is 0. The first-order valence-corrected chi connectivity index (χ1v) is 10.5. The summed E-state index contributed by atoms with van der Waals surface area (Å²) in [7, 11) is 0. The van der Waals surface area contributed by atoms with E-state index in [2.05, 4.69) is 10.1 Å². The number of carbonyl (C=O) groups excluding carboxylic acids is 1. The van der Waals surface area contributed by atoms with Gasteiger partial charge in [-0.25, -0.2) is 13.9 Å². The Hall–Kier alpha value is -2.86. The number of alkyl halides is 5. The van der Waals surface area contributed by atoms with Gasteiger partial charge in [0.1, 0.15) is 11.5 Å². The number of carbonyl (C=O) groups is 1. The first-order valence-electron chi connectivity index (χ1n) is 10.2. The molecule has 1 aromatic carbocycles. The lowest BCUT2D eigenvalue weighted by atomic mass is 10.1. The lowest BCUT2D eigenvalue weighted by molar-refractivity contribution is -0.291. The van der Waals surface area contributed by atoms with Crippen molar-refractivity contribution in [3.63, 3.8) is 0 Å². The summed E-state index contributed by atoms with van der Waals surface area (Å²) >= 11 is 6.06. The zero-order chi connectivity index (χ0) is 24.8. The van der Waals surface area contributed by atoms with Crippen LogP contribution in [0.1, 0.15) is 27.4 Å². The number of halogens is 7. The second-order valence-corrected chi connectivity index (χ2v) is 8.33. The minimum Gasteiger partial charge on any atom is -0.335 e. The average Bonchev–Trinajstić information content (AvgIpc) is 3.18. The molecule has 0 saturated carbocycles. The smallest absolute Gasteiger partial charge is 0.335 e. The van der Waals surface area contributed by atoms with Crippen molar-refractivity contribution in [1.82, 2.24) is 24.4 Å². The van der Waals surface area contributed by atoms with Gasteiger partial charge in [0.15, 0.2) is 11.3 Å². The van der Waals surface area contributed by atoms with Gasteiger partial charge < -0.3 is 4.90 Å². The van der Waals surface area contributed by atoms with E-state index in [1.807, 2.05) is 4.90 Å². The van der Waals surface area contributed by atoms with Crippen LogP contribution in [0.25, 0.3) is 5.65 Å². The number of amides is 1. The molecule has 2 aromatic heterocycles. The van der Waals surface area contributed by atoms with Crippen molar-refractivity contribution < 1.29 is 31.1 Å². The van der Waals surface area contributed by atoms with Gasteiger partial charge in [0.2, 0.25) is 0 Å². The zero-order valence-corrected chi connectivity index (χ0v) is 18.5. The Kier molecular flexibility index (Phi) is 6.23. The molecule has 0 spiro atoms. The highest BCUT2D eigenvalue weighted by molar-refractivity contribution is 6.31. The van der Waals surface area contributed by atoms with E-state index in [1.165, 1.54) is 24.0 Å². The van der Waals surface area contributed by atoms with Gasteiger partial charge in [0.05, 0.1) is 0 Å². The Morgan fingerprint density at radius 3 is 2.38 bits per heavy atom. The summed E-state index contributed by atoms with van der Waals surface area (Å²) in [5.74, 6) is -6.26. The van der Waals surface area contributed by atoms with Gasteiger partial charge in [-0.2, -0.15) is 27.1 Å². The largest absolute Gasteiger partial charge is 0.459 e. The minimum absolute atomic E-state index is 0.0780. The van der Waals surface area contributed by atoms with E-state index in [0.29, 0.717) is 29.2 Å². The number of rotatable bonds is 4. The molecule has 6 nitrogen and oxygen atoms in total. The maximum Gasteiger partial charge on any atom is 0.459 e. The molecule has 3 aromatic rings. The molecule has 1 aliphatic rings. The summed E-state index contributed by atoms with van der Waals surface area (Å²) in [4.78, 5) is 20.1. The van der Waals surface area contributed by atoms with Crippen LogP contribution in [0.4, 0.5) is 26.3 Å². The lowest BCUT2D eigenvalue weighted by Crippen LogP contribution is -2.48. The fourth-order valence-corrected chi connectivity index (χ4v) is 3.97. The van der Waals surface area contributed by atoms with E-state index in [-0.39, 0.29) is 41.7 Å². The fraction of sp³-hybridized carbons (Fsp3) is 0.381. The molecular formula is C21H18ClF6N5O. The molecule has 34 heavy (non-hydrogen) atoms. The molecule has 4 rings (SSSR count). The van der Waals surface area contributed by atoms with Gasteiger partial charge in [-0.3, -0.25) is 9.69 Å². The maximum absolute atomic E-state index is 14.1. The quantitative estimate of drug-likeness (QED) is 0.492. The molecule has 3 heterocycles. The van der Waals surface area contributed by atoms with Gasteiger partial charge in [0, 0.05) is 55.1 Å². The molecular weight excluding hydrogens is 488 g/mol. The number of piperazine rings is 1. The second-order valence-electron chi connectivity index (χ2n) is 7.92. The van der Waals surface area contributed by atoms with E-state index >= 15 is 0 Å². The lowest BCUT2D eigenvalue weighted by Gasteiger charge is -2.34. The highest BCUT2D eigenvalue weighted by atomic mass is 35.5. The van der Waals surface area contributed by atoms with Crippen molar-refractivity contribution in [3.05, 3.63) is 63.8 Å². The Balaban J connectivity index is 1.52. The van der Waals surface area contributed by atoms with Gasteiger partial charge in [-0.15, -0.1) is 0 Å². The molecule has 1 aliphatic heterocycles. The molecule has 13 heteroatoms. The highest BCUT2D eigenvalue weighted by Crippen LogP contribution is 2.43. The van der Waals surface area contributed by atoms with Crippen LogP contribution in [0.3, 0.4) is 0 Å². The van der Waals surface area contributed by atoms with Crippen LogP contribution in [0, 0.1) is 12.7 Å². The molecule has 0 aliphatic carbocycles. The topological polar surface area (TPSA) is 53.7 Å². The Morgan fingerprint density at radius 2 is 1.76 bits per heavy atom. The summed E-state index contributed by atoms with van der Waals surface area (Å²) in [5, 5.41) is 4.01. The number of aryl methyl sites for hydroxylation is 1. The van der Waals surface area contributed by atoms with Crippen molar-refractivity contribution in [2.24, 2.45) is 0 Å². The molecule has 1 amide bonds. The van der Waals surface area contributed by atoms with Gasteiger partial charge in [0.25, 0.3) is 5.91 Å². The van der Waals surface area contributed by atoms with E-state index in [9.17, 15) is 31.1 Å². The van der Waals surface area contributed by atoms with E-state index in [0.717, 1.165) is 6.07 Å². The Morgan fingerprint density at radius 1 is 1.09 bits per heavy atom. The SMILES string of the molecule is Cc1cc(C(F)(F)C(F)(F)F)n2nc(C(=O)N3CCN(Cc4c(F)cccc4Cl)CC3)cc2n1. The molecule has 1 fully saturated rings. The van der Waals surface area contributed by atoms with Crippen molar-refractivity contribution >= 4 is 23.2 Å². The van der Waals surface area contributed by atoms with Gasteiger partial charge >= 0.3 is 12.1 Å². The molecule has 1 saturated heterocycles. The Bertz CT molecular complexity index is 1220. The first-order chi connectivity index (χ1) is 15.9. The van der Waals surface area contributed by atoms with Crippen LogP contribution in [0.2, 0.25) is 5.02 Å². The van der Waals surface area contributed by atoms with Gasteiger partial charge in [-0.05, 0) is 25.1 Å². The van der Waals surface area contributed by atoms with Crippen molar-refractivity contribution in [3.8, 4) is 0 Å².